The summed E-state index contributed by atoms with van der Waals surface area (Å²) < 4.78 is 0. The molecule has 1 heterocycles. The van der Waals surface area contributed by atoms with Gasteiger partial charge in [0.05, 0.1) is 0 Å². The van der Waals surface area contributed by atoms with Gasteiger partial charge in [-0.15, -0.1) is 0 Å². The SMILES string of the molecule is CCCN1CC(CC2CC2)CC(NC2CCCCC2)C1. The molecule has 2 atom stereocenters. The molecule has 2 aliphatic carbocycles. The number of hydrogen-bond donors (Lipinski definition) is 1. The molecule has 1 aliphatic heterocycles. The first-order valence-corrected chi connectivity index (χ1v) is 9.32. The molecular formula is C18H34N2. The van der Waals surface area contributed by atoms with Crippen LogP contribution in [0, 0.1) is 11.8 Å². The van der Waals surface area contributed by atoms with Crippen LogP contribution in [0.1, 0.15) is 71.1 Å². The largest absolute Gasteiger partial charge is 0.310 e. The third-order valence-corrected chi connectivity index (χ3v) is 5.59. The van der Waals surface area contributed by atoms with Crippen molar-refractivity contribution in [3.8, 4) is 0 Å². The second-order valence-electron chi connectivity index (χ2n) is 7.74. The van der Waals surface area contributed by atoms with E-state index in [2.05, 4.69) is 17.1 Å². The fourth-order valence-corrected chi connectivity index (χ4v) is 4.52. The lowest BCUT2D eigenvalue weighted by molar-refractivity contribution is 0.123. The fourth-order valence-electron chi connectivity index (χ4n) is 4.52. The minimum atomic E-state index is 0.780. The first-order valence-electron chi connectivity index (χ1n) is 9.32. The third-order valence-electron chi connectivity index (χ3n) is 5.59. The summed E-state index contributed by atoms with van der Waals surface area (Å²) >= 11 is 0. The molecule has 1 N–H and O–H groups in total. The van der Waals surface area contributed by atoms with Crippen molar-refractivity contribution in [3.05, 3.63) is 0 Å². The molecule has 2 nitrogen and oxygen atoms in total. The zero-order chi connectivity index (χ0) is 13.8. The Morgan fingerprint density at radius 1 is 0.900 bits per heavy atom. The monoisotopic (exact) mass is 278 g/mol. The molecule has 3 rings (SSSR count). The molecule has 2 unspecified atom stereocenters. The van der Waals surface area contributed by atoms with Crippen LogP contribution >= 0.6 is 0 Å². The highest BCUT2D eigenvalue weighted by molar-refractivity contribution is 4.89. The molecule has 20 heavy (non-hydrogen) atoms. The van der Waals surface area contributed by atoms with Crippen LogP contribution in [-0.2, 0) is 0 Å². The van der Waals surface area contributed by atoms with E-state index in [-0.39, 0.29) is 0 Å². The zero-order valence-corrected chi connectivity index (χ0v) is 13.4. The van der Waals surface area contributed by atoms with Gasteiger partial charge in [-0.1, -0.05) is 39.0 Å². The van der Waals surface area contributed by atoms with Crippen molar-refractivity contribution >= 4 is 0 Å². The first kappa shape index (κ1) is 14.8. The molecule has 2 heteroatoms. The molecule has 0 aromatic carbocycles. The van der Waals surface area contributed by atoms with Crippen LogP contribution in [0.2, 0.25) is 0 Å². The quantitative estimate of drug-likeness (QED) is 0.795. The number of piperidine rings is 1. The highest BCUT2D eigenvalue weighted by Gasteiger charge is 2.32. The lowest BCUT2D eigenvalue weighted by Gasteiger charge is -2.40. The Bertz CT molecular complexity index is 281. The van der Waals surface area contributed by atoms with Crippen LogP contribution in [0.3, 0.4) is 0 Å². The highest BCUT2D eigenvalue weighted by Crippen LogP contribution is 2.38. The van der Waals surface area contributed by atoms with Crippen LogP contribution in [0.25, 0.3) is 0 Å². The van der Waals surface area contributed by atoms with Gasteiger partial charge in [-0.3, -0.25) is 0 Å². The van der Waals surface area contributed by atoms with Crippen molar-refractivity contribution in [1.29, 1.82) is 0 Å². The van der Waals surface area contributed by atoms with E-state index in [1.807, 2.05) is 0 Å². The molecular weight excluding hydrogens is 244 g/mol. The van der Waals surface area contributed by atoms with Crippen molar-refractivity contribution in [2.45, 2.75) is 83.2 Å². The standard InChI is InChI=1S/C18H34N2/c1-2-10-20-13-16(11-15-8-9-15)12-18(14-20)19-17-6-4-3-5-7-17/h15-19H,2-14H2,1H3. The summed E-state index contributed by atoms with van der Waals surface area (Å²) in [6.07, 6.45) is 14.5. The van der Waals surface area contributed by atoms with Gasteiger partial charge < -0.3 is 10.2 Å². The molecule has 0 spiro atoms. The van der Waals surface area contributed by atoms with Gasteiger partial charge in [0.15, 0.2) is 0 Å². The lowest BCUT2D eigenvalue weighted by atomic mass is 9.88. The molecule has 2 saturated carbocycles. The lowest BCUT2D eigenvalue weighted by Crippen LogP contribution is -2.52. The smallest absolute Gasteiger partial charge is 0.0200 e. The highest BCUT2D eigenvalue weighted by atomic mass is 15.2. The van der Waals surface area contributed by atoms with Crippen molar-refractivity contribution in [2.24, 2.45) is 11.8 Å². The fraction of sp³-hybridized carbons (Fsp3) is 1.00. The van der Waals surface area contributed by atoms with Gasteiger partial charge in [-0.05, 0) is 50.5 Å². The van der Waals surface area contributed by atoms with Gasteiger partial charge in [0, 0.05) is 25.2 Å². The minimum absolute atomic E-state index is 0.780. The van der Waals surface area contributed by atoms with Crippen molar-refractivity contribution in [2.75, 3.05) is 19.6 Å². The summed E-state index contributed by atoms with van der Waals surface area (Å²) in [4.78, 5) is 2.75. The van der Waals surface area contributed by atoms with Gasteiger partial charge in [-0.2, -0.15) is 0 Å². The average Bonchev–Trinajstić information content (AvgIpc) is 3.24. The van der Waals surface area contributed by atoms with Crippen LogP contribution in [0.15, 0.2) is 0 Å². The van der Waals surface area contributed by atoms with E-state index in [1.165, 1.54) is 83.8 Å². The Morgan fingerprint density at radius 3 is 2.40 bits per heavy atom. The average molecular weight is 278 g/mol. The summed E-state index contributed by atoms with van der Waals surface area (Å²) in [7, 11) is 0. The topological polar surface area (TPSA) is 15.3 Å². The number of rotatable bonds is 6. The number of hydrogen-bond acceptors (Lipinski definition) is 2. The number of nitrogens with zero attached hydrogens (tertiary/aromatic N) is 1. The van der Waals surface area contributed by atoms with E-state index in [9.17, 15) is 0 Å². The first-order chi connectivity index (χ1) is 9.83. The third kappa shape index (κ3) is 4.46. The summed E-state index contributed by atoms with van der Waals surface area (Å²) in [5, 5.41) is 4.03. The van der Waals surface area contributed by atoms with E-state index >= 15 is 0 Å². The van der Waals surface area contributed by atoms with Crippen LogP contribution in [0.5, 0.6) is 0 Å². The molecule has 3 fully saturated rings. The molecule has 116 valence electrons. The van der Waals surface area contributed by atoms with Crippen molar-refractivity contribution in [1.82, 2.24) is 10.2 Å². The number of likely N-dealkylation sites (tertiary alicyclic amines) is 1. The van der Waals surface area contributed by atoms with Crippen LogP contribution in [-0.4, -0.2) is 36.6 Å². The van der Waals surface area contributed by atoms with Gasteiger partial charge in [0.2, 0.25) is 0 Å². The number of nitrogens with one attached hydrogen (secondary N) is 1. The molecule has 0 bridgehead atoms. The van der Waals surface area contributed by atoms with Crippen molar-refractivity contribution < 1.29 is 0 Å². The molecule has 0 aromatic rings. The van der Waals surface area contributed by atoms with Crippen LogP contribution < -0.4 is 5.32 Å². The second-order valence-corrected chi connectivity index (χ2v) is 7.74. The molecule has 0 amide bonds. The predicted octanol–water partition coefficient (Wildman–Crippen LogP) is 3.81. The zero-order valence-electron chi connectivity index (χ0n) is 13.4. The second kappa shape index (κ2) is 7.26. The maximum absolute atomic E-state index is 4.03. The van der Waals surface area contributed by atoms with E-state index in [0.717, 1.165) is 23.9 Å². The van der Waals surface area contributed by atoms with Gasteiger partial charge in [0.1, 0.15) is 0 Å². The van der Waals surface area contributed by atoms with E-state index in [4.69, 9.17) is 0 Å². The Kier molecular flexibility index (Phi) is 5.39. The Morgan fingerprint density at radius 2 is 1.70 bits per heavy atom. The Hall–Kier alpha value is -0.0800. The normalized spacial score (nSPS) is 33.5. The van der Waals surface area contributed by atoms with E-state index < -0.39 is 0 Å². The van der Waals surface area contributed by atoms with Crippen LogP contribution in [0.4, 0.5) is 0 Å². The minimum Gasteiger partial charge on any atom is -0.310 e. The predicted molar refractivity (Wildman–Crippen MR) is 86.0 cm³/mol. The maximum atomic E-state index is 4.03. The summed E-state index contributed by atoms with van der Waals surface area (Å²) in [6, 6.07) is 1.61. The molecule has 3 aliphatic rings. The van der Waals surface area contributed by atoms with Gasteiger partial charge >= 0.3 is 0 Å². The maximum Gasteiger partial charge on any atom is 0.0200 e. The summed E-state index contributed by atoms with van der Waals surface area (Å²) in [5.41, 5.74) is 0. The molecule has 0 radical (unpaired) electrons. The Balaban J connectivity index is 1.50. The summed E-state index contributed by atoms with van der Waals surface area (Å²) in [5.74, 6) is 2.07. The van der Waals surface area contributed by atoms with Gasteiger partial charge in [0.25, 0.3) is 0 Å². The molecule has 1 saturated heterocycles. The summed E-state index contributed by atoms with van der Waals surface area (Å²) in [6.45, 7) is 6.33. The van der Waals surface area contributed by atoms with E-state index in [1.54, 1.807) is 0 Å². The van der Waals surface area contributed by atoms with Crippen molar-refractivity contribution in [3.63, 3.8) is 0 Å². The van der Waals surface area contributed by atoms with E-state index in [0.29, 0.717) is 0 Å². The molecule has 0 aromatic heterocycles. The van der Waals surface area contributed by atoms with Gasteiger partial charge in [-0.25, -0.2) is 0 Å². The Labute approximate surface area is 125 Å².